The summed E-state index contributed by atoms with van der Waals surface area (Å²) in [6, 6.07) is 14.1. The molecule has 0 N–H and O–H groups in total. The molecule has 0 aromatic heterocycles. The van der Waals surface area contributed by atoms with Crippen LogP contribution in [0.3, 0.4) is 0 Å². The Morgan fingerprint density at radius 1 is 1.00 bits per heavy atom. The van der Waals surface area contributed by atoms with Gasteiger partial charge in [-0.3, -0.25) is 9.59 Å². The SMILES string of the molecule is Cc1cccc(C(=O)N2CCN(C(=O)C(C)Cc3ccccc3F)CC2)c1. The van der Waals surface area contributed by atoms with Gasteiger partial charge >= 0.3 is 0 Å². The highest BCUT2D eigenvalue weighted by molar-refractivity contribution is 5.94. The van der Waals surface area contributed by atoms with Crippen LogP contribution >= 0.6 is 0 Å². The maximum absolute atomic E-state index is 13.8. The van der Waals surface area contributed by atoms with Crippen LogP contribution in [0.25, 0.3) is 0 Å². The van der Waals surface area contributed by atoms with Crippen LogP contribution in [0.2, 0.25) is 0 Å². The van der Waals surface area contributed by atoms with Crippen molar-refractivity contribution in [2.24, 2.45) is 5.92 Å². The quantitative estimate of drug-likeness (QED) is 0.831. The maximum Gasteiger partial charge on any atom is 0.253 e. The Kier molecular flexibility index (Phi) is 5.89. The number of piperazine rings is 1. The van der Waals surface area contributed by atoms with Gasteiger partial charge in [-0.15, -0.1) is 0 Å². The summed E-state index contributed by atoms with van der Waals surface area (Å²) in [6.45, 7) is 5.86. The fraction of sp³-hybridized carbons (Fsp3) is 0.364. The predicted molar refractivity (Wildman–Crippen MR) is 103 cm³/mol. The lowest BCUT2D eigenvalue weighted by Gasteiger charge is -2.36. The molecule has 0 spiro atoms. The molecule has 4 nitrogen and oxygen atoms in total. The fourth-order valence-corrected chi connectivity index (χ4v) is 3.48. The van der Waals surface area contributed by atoms with Crippen LogP contribution in [0, 0.1) is 18.7 Å². The molecule has 1 fully saturated rings. The molecule has 0 aliphatic carbocycles. The van der Waals surface area contributed by atoms with E-state index >= 15 is 0 Å². The van der Waals surface area contributed by atoms with Crippen molar-refractivity contribution < 1.29 is 14.0 Å². The van der Waals surface area contributed by atoms with E-state index in [1.807, 2.05) is 38.1 Å². The van der Waals surface area contributed by atoms with E-state index in [4.69, 9.17) is 0 Å². The van der Waals surface area contributed by atoms with Crippen molar-refractivity contribution in [1.29, 1.82) is 0 Å². The number of nitrogens with zero attached hydrogens (tertiary/aromatic N) is 2. The van der Waals surface area contributed by atoms with Crippen LogP contribution in [-0.4, -0.2) is 47.8 Å². The fourth-order valence-electron chi connectivity index (χ4n) is 3.48. The first-order chi connectivity index (χ1) is 13.0. The van der Waals surface area contributed by atoms with Crippen molar-refractivity contribution in [2.45, 2.75) is 20.3 Å². The Labute approximate surface area is 159 Å². The molecule has 142 valence electrons. The van der Waals surface area contributed by atoms with Crippen LogP contribution in [0.5, 0.6) is 0 Å². The van der Waals surface area contributed by atoms with Gasteiger partial charge in [0.15, 0.2) is 0 Å². The molecular weight excluding hydrogens is 343 g/mol. The van der Waals surface area contributed by atoms with Gasteiger partial charge in [-0.2, -0.15) is 0 Å². The highest BCUT2D eigenvalue weighted by Gasteiger charge is 2.27. The summed E-state index contributed by atoms with van der Waals surface area (Å²) in [7, 11) is 0. The minimum absolute atomic E-state index is 0.00482. The highest BCUT2D eigenvalue weighted by Crippen LogP contribution is 2.17. The lowest BCUT2D eigenvalue weighted by molar-refractivity contribution is -0.136. The molecule has 2 aromatic rings. The molecule has 1 aliphatic heterocycles. The van der Waals surface area contributed by atoms with Crippen LogP contribution < -0.4 is 0 Å². The first kappa shape index (κ1) is 19.1. The van der Waals surface area contributed by atoms with Gasteiger partial charge in [0, 0.05) is 37.7 Å². The van der Waals surface area contributed by atoms with E-state index in [0.29, 0.717) is 43.7 Å². The van der Waals surface area contributed by atoms with Gasteiger partial charge in [-0.05, 0) is 37.1 Å². The third-order valence-electron chi connectivity index (χ3n) is 5.05. The Morgan fingerprint density at radius 3 is 2.33 bits per heavy atom. The van der Waals surface area contributed by atoms with Gasteiger partial charge in [-0.1, -0.05) is 42.8 Å². The molecule has 0 saturated carbocycles. The summed E-state index contributed by atoms with van der Waals surface area (Å²) >= 11 is 0. The van der Waals surface area contributed by atoms with Crippen molar-refractivity contribution in [2.75, 3.05) is 26.2 Å². The number of rotatable bonds is 4. The van der Waals surface area contributed by atoms with E-state index in [2.05, 4.69) is 0 Å². The molecule has 2 aromatic carbocycles. The summed E-state index contributed by atoms with van der Waals surface area (Å²) in [5, 5.41) is 0. The molecule has 0 bridgehead atoms. The molecule has 3 rings (SSSR count). The highest BCUT2D eigenvalue weighted by atomic mass is 19.1. The summed E-state index contributed by atoms with van der Waals surface area (Å²) in [5.41, 5.74) is 2.30. The average Bonchev–Trinajstić information content (AvgIpc) is 2.68. The zero-order chi connectivity index (χ0) is 19.4. The van der Waals surface area contributed by atoms with E-state index in [1.165, 1.54) is 6.07 Å². The van der Waals surface area contributed by atoms with Crippen molar-refractivity contribution >= 4 is 11.8 Å². The van der Waals surface area contributed by atoms with E-state index in [1.54, 1.807) is 28.0 Å². The topological polar surface area (TPSA) is 40.6 Å². The Bertz CT molecular complexity index is 829. The molecule has 1 aliphatic rings. The van der Waals surface area contributed by atoms with E-state index in [9.17, 15) is 14.0 Å². The number of carbonyl (C=O) groups is 2. The number of carbonyl (C=O) groups excluding carboxylic acids is 2. The molecule has 27 heavy (non-hydrogen) atoms. The number of hydrogen-bond acceptors (Lipinski definition) is 2. The third kappa shape index (κ3) is 4.54. The van der Waals surface area contributed by atoms with Crippen LogP contribution in [-0.2, 0) is 11.2 Å². The normalized spacial score (nSPS) is 15.5. The summed E-state index contributed by atoms with van der Waals surface area (Å²) in [6.07, 6.45) is 0.383. The lowest BCUT2D eigenvalue weighted by Crippen LogP contribution is -2.51. The van der Waals surface area contributed by atoms with Crippen LogP contribution in [0.15, 0.2) is 48.5 Å². The van der Waals surface area contributed by atoms with Gasteiger partial charge < -0.3 is 9.80 Å². The predicted octanol–water partition coefficient (Wildman–Crippen LogP) is 3.30. The first-order valence-corrected chi connectivity index (χ1v) is 9.34. The van der Waals surface area contributed by atoms with Crippen LogP contribution in [0.1, 0.15) is 28.4 Å². The Morgan fingerprint density at radius 2 is 1.67 bits per heavy atom. The molecule has 0 radical (unpaired) electrons. The standard InChI is InChI=1S/C22H25FN2O2/c1-16-6-5-8-19(14-16)22(27)25-12-10-24(11-13-25)21(26)17(2)15-18-7-3-4-9-20(18)23/h3-9,14,17H,10-13,15H2,1-2H3. The Hall–Kier alpha value is -2.69. The molecular formula is C22H25FN2O2. The van der Waals surface area contributed by atoms with Crippen molar-refractivity contribution in [3.63, 3.8) is 0 Å². The minimum Gasteiger partial charge on any atom is -0.339 e. The maximum atomic E-state index is 13.8. The molecule has 1 atom stereocenters. The van der Waals surface area contributed by atoms with Crippen molar-refractivity contribution in [3.8, 4) is 0 Å². The van der Waals surface area contributed by atoms with Crippen molar-refractivity contribution in [3.05, 3.63) is 71.0 Å². The van der Waals surface area contributed by atoms with Gasteiger partial charge in [-0.25, -0.2) is 4.39 Å². The van der Waals surface area contributed by atoms with Gasteiger partial charge in [0.05, 0.1) is 0 Å². The molecule has 5 heteroatoms. The lowest BCUT2D eigenvalue weighted by atomic mass is 9.99. The molecule has 2 amide bonds. The summed E-state index contributed by atoms with van der Waals surface area (Å²) < 4.78 is 13.8. The zero-order valence-corrected chi connectivity index (χ0v) is 15.8. The molecule has 1 unspecified atom stereocenters. The average molecular weight is 368 g/mol. The van der Waals surface area contributed by atoms with Gasteiger partial charge in [0.25, 0.3) is 5.91 Å². The van der Waals surface area contributed by atoms with Crippen molar-refractivity contribution in [1.82, 2.24) is 9.80 Å². The van der Waals surface area contributed by atoms with Gasteiger partial charge in [0.2, 0.25) is 5.91 Å². The number of aryl methyl sites for hydroxylation is 1. The monoisotopic (exact) mass is 368 g/mol. The summed E-state index contributed by atoms with van der Waals surface area (Å²) in [4.78, 5) is 28.9. The summed E-state index contributed by atoms with van der Waals surface area (Å²) in [5.74, 6) is -0.544. The van der Waals surface area contributed by atoms with E-state index in [0.717, 1.165) is 5.56 Å². The number of amides is 2. The molecule has 1 heterocycles. The smallest absolute Gasteiger partial charge is 0.253 e. The van der Waals surface area contributed by atoms with E-state index in [-0.39, 0.29) is 23.5 Å². The first-order valence-electron chi connectivity index (χ1n) is 9.34. The number of benzene rings is 2. The molecule has 1 saturated heterocycles. The number of halogens is 1. The number of hydrogen-bond donors (Lipinski definition) is 0. The zero-order valence-electron chi connectivity index (χ0n) is 15.8. The van der Waals surface area contributed by atoms with Crippen LogP contribution in [0.4, 0.5) is 4.39 Å². The Balaban J connectivity index is 1.56. The second-order valence-electron chi connectivity index (χ2n) is 7.18. The van der Waals surface area contributed by atoms with E-state index < -0.39 is 0 Å². The largest absolute Gasteiger partial charge is 0.339 e. The minimum atomic E-state index is -0.291. The third-order valence-corrected chi connectivity index (χ3v) is 5.05. The second kappa shape index (κ2) is 8.33. The second-order valence-corrected chi connectivity index (χ2v) is 7.18. The van der Waals surface area contributed by atoms with Gasteiger partial charge in [0.1, 0.15) is 5.82 Å².